The fourth-order valence-electron chi connectivity index (χ4n) is 2.75. The molecule has 1 heterocycles. The van der Waals surface area contributed by atoms with Gasteiger partial charge in [-0.3, -0.25) is 4.79 Å². The quantitative estimate of drug-likeness (QED) is 0.893. The number of hydrogen-bond acceptors (Lipinski definition) is 3. The molecule has 2 N–H and O–H groups in total. The van der Waals surface area contributed by atoms with Crippen molar-refractivity contribution in [2.24, 2.45) is 5.73 Å². The van der Waals surface area contributed by atoms with Crippen LogP contribution in [0.25, 0.3) is 0 Å². The number of anilines is 1. The Labute approximate surface area is 113 Å². The van der Waals surface area contributed by atoms with Gasteiger partial charge in [-0.25, -0.2) is 4.39 Å². The van der Waals surface area contributed by atoms with Gasteiger partial charge in [0.2, 0.25) is 5.91 Å². The topological polar surface area (TPSA) is 49.6 Å². The van der Waals surface area contributed by atoms with Crippen LogP contribution < -0.4 is 10.6 Å². The number of nitrogens with two attached hydrogens (primary N) is 1. The number of piperazine rings is 1. The minimum atomic E-state index is -0.305. The Bertz CT molecular complexity index is 466. The lowest BCUT2D eigenvalue weighted by Crippen LogP contribution is -2.60. The van der Waals surface area contributed by atoms with Crippen molar-refractivity contribution in [1.29, 1.82) is 0 Å². The third-order valence-corrected chi connectivity index (χ3v) is 3.56. The normalized spacial score (nSPS) is 23.9. The lowest BCUT2D eigenvalue weighted by molar-refractivity contribution is -0.133. The van der Waals surface area contributed by atoms with Gasteiger partial charge in [-0.1, -0.05) is 6.07 Å². The van der Waals surface area contributed by atoms with Gasteiger partial charge in [-0.15, -0.1) is 0 Å². The van der Waals surface area contributed by atoms with Crippen LogP contribution in [-0.4, -0.2) is 43.0 Å². The van der Waals surface area contributed by atoms with Gasteiger partial charge < -0.3 is 15.5 Å². The molecule has 0 bridgehead atoms. The summed E-state index contributed by atoms with van der Waals surface area (Å²) in [6.07, 6.45) is 0.573. The van der Waals surface area contributed by atoms with E-state index in [0.29, 0.717) is 19.5 Å². The lowest BCUT2D eigenvalue weighted by atomic mass is 10.0. The first-order valence-corrected chi connectivity index (χ1v) is 6.53. The zero-order chi connectivity index (χ0) is 14.0. The van der Waals surface area contributed by atoms with Crippen LogP contribution >= 0.6 is 0 Å². The second-order valence-electron chi connectivity index (χ2n) is 5.05. The molecule has 0 spiro atoms. The molecule has 1 fully saturated rings. The van der Waals surface area contributed by atoms with Crippen LogP contribution in [0.4, 0.5) is 10.1 Å². The average Bonchev–Trinajstić information content (AvgIpc) is 2.36. The van der Waals surface area contributed by atoms with E-state index in [1.807, 2.05) is 17.9 Å². The van der Waals surface area contributed by atoms with Gasteiger partial charge in [0.25, 0.3) is 0 Å². The number of carbonyl (C=O) groups excluding carboxylic acids is 1. The van der Waals surface area contributed by atoms with Gasteiger partial charge in [0.1, 0.15) is 11.9 Å². The Morgan fingerprint density at radius 2 is 2.21 bits per heavy atom. The predicted octanol–water partition coefficient (Wildman–Crippen LogP) is 1.21. The minimum absolute atomic E-state index is 0.0489. The predicted molar refractivity (Wildman–Crippen MR) is 73.4 cm³/mol. The van der Waals surface area contributed by atoms with Crippen molar-refractivity contribution in [2.75, 3.05) is 25.0 Å². The zero-order valence-corrected chi connectivity index (χ0v) is 11.3. The first kappa shape index (κ1) is 13.8. The van der Waals surface area contributed by atoms with Crippen LogP contribution in [0.5, 0.6) is 0 Å². The second kappa shape index (κ2) is 5.57. The lowest BCUT2D eigenvalue weighted by Gasteiger charge is -2.45. The minimum Gasteiger partial charge on any atom is -0.355 e. The number of amides is 1. The van der Waals surface area contributed by atoms with Crippen molar-refractivity contribution in [2.45, 2.75) is 25.4 Å². The van der Waals surface area contributed by atoms with Gasteiger partial charge in [-0.05, 0) is 38.1 Å². The summed E-state index contributed by atoms with van der Waals surface area (Å²) < 4.78 is 13.4. The number of hydrogen-bond donors (Lipinski definition) is 1. The highest BCUT2D eigenvalue weighted by Crippen LogP contribution is 2.26. The molecule has 1 aromatic rings. The van der Waals surface area contributed by atoms with E-state index in [9.17, 15) is 9.18 Å². The maximum absolute atomic E-state index is 13.4. The van der Waals surface area contributed by atoms with Crippen LogP contribution in [0.1, 0.15) is 13.3 Å². The Morgan fingerprint density at radius 1 is 1.47 bits per heavy atom. The fourth-order valence-corrected chi connectivity index (χ4v) is 2.75. The number of rotatable bonds is 3. The van der Waals surface area contributed by atoms with Gasteiger partial charge in [0, 0.05) is 25.3 Å². The fraction of sp³-hybridized carbons (Fsp3) is 0.500. The van der Waals surface area contributed by atoms with E-state index in [1.165, 1.54) is 12.1 Å². The summed E-state index contributed by atoms with van der Waals surface area (Å²) in [4.78, 5) is 16.0. The summed E-state index contributed by atoms with van der Waals surface area (Å²) in [7, 11) is 1.80. The van der Waals surface area contributed by atoms with Crippen LogP contribution in [-0.2, 0) is 4.79 Å². The number of carbonyl (C=O) groups is 1. The smallest absolute Gasteiger partial charge is 0.245 e. The van der Waals surface area contributed by atoms with E-state index in [4.69, 9.17) is 5.73 Å². The molecule has 0 radical (unpaired) electrons. The third kappa shape index (κ3) is 2.71. The molecule has 2 unspecified atom stereocenters. The zero-order valence-electron chi connectivity index (χ0n) is 11.3. The molecule has 0 aliphatic carbocycles. The van der Waals surface area contributed by atoms with Crippen molar-refractivity contribution in [1.82, 2.24) is 4.90 Å². The highest BCUT2D eigenvalue weighted by atomic mass is 19.1. The summed E-state index contributed by atoms with van der Waals surface area (Å²) >= 11 is 0. The van der Waals surface area contributed by atoms with E-state index in [-0.39, 0.29) is 23.8 Å². The van der Waals surface area contributed by atoms with Crippen molar-refractivity contribution in [3.05, 3.63) is 30.1 Å². The number of likely N-dealkylation sites (N-methyl/N-ethyl adjacent to an activating group) is 1. The summed E-state index contributed by atoms with van der Waals surface area (Å²) in [6, 6.07) is 6.21. The molecule has 0 aromatic heterocycles. The van der Waals surface area contributed by atoms with Crippen molar-refractivity contribution in [3.8, 4) is 0 Å². The first-order valence-electron chi connectivity index (χ1n) is 6.53. The van der Waals surface area contributed by atoms with Gasteiger partial charge in [0.05, 0.1) is 0 Å². The van der Waals surface area contributed by atoms with E-state index in [2.05, 4.69) is 0 Å². The summed E-state index contributed by atoms with van der Waals surface area (Å²) in [5.41, 5.74) is 6.35. The molecule has 19 heavy (non-hydrogen) atoms. The summed E-state index contributed by atoms with van der Waals surface area (Å²) in [5, 5.41) is 0. The SMILES string of the molecule is CC1CN(C)C(=O)C(CCN)N1c1cccc(F)c1. The van der Waals surface area contributed by atoms with Crippen LogP contribution in [0.15, 0.2) is 24.3 Å². The van der Waals surface area contributed by atoms with Crippen LogP contribution in [0, 0.1) is 5.82 Å². The van der Waals surface area contributed by atoms with E-state index < -0.39 is 0 Å². The van der Waals surface area contributed by atoms with Crippen molar-refractivity contribution < 1.29 is 9.18 Å². The van der Waals surface area contributed by atoms with E-state index >= 15 is 0 Å². The highest BCUT2D eigenvalue weighted by Gasteiger charge is 2.36. The van der Waals surface area contributed by atoms with Crippen molar-refractivity contribution >= 4 is 11.6 Å². The molecule has 1 aromatic carbocycles. The van der Waals surface area contributed by atoms with Crippen LogP contribution in [0.3, 0.4) is 0 Å². The molecule has 4 nitrogen and oxygen atoms in total. The molecule has 0 saturated carbocycles. The first-order chi connectivity index (χ1) is 9.04. The van der Waals surface area contributed by atoms with Crippen molar-refractivity contribution in [3.63, 3.8) is 0 Å². The Hall–Kier alpha value is -1.62. The molecule has 1 saturated heterocycles. The molecule has 1 amide bonds. The Balaban J connectivity index is 2.36. The molecule has 5 heteroatoms. The summed E-state index contributed by atoms with van der Waals surface area (Å²) in [6.45, 7) is 3.11. The van der Waals surface area contributed by atoms with E-state index in [0.717, 1.165) is 5.69 Å². The molecule has 2 atom stereocenters. The molecule has 1 aliphatic heterocycles. The number of halogens is 1. The Kier molecular flexibility index (Phi) is 4.04. The molecular formula is C14H20FN3O. The van der Waals surface area contributed by atoms with E-state index in [1.54, 1.807) is 18.0 Å². The number of benzene rings is 1. The Morgan fingerprint density at radius 3 is 2.84 bits per heavy atom. The monoisotopic (exact) mass is 265 g/mol. The third-order valence-electron chi connectivity index (χ3n) is 3.56. The van der Waals surface area contributed by atoms with Gasteiger partial charge in [0.15, 0.2) is 0 Å². The molecule has 104 valence electrons. The summed E-state index contributed by atoms with van der Waals surface area (Å²) in [5.74, 6) is -0.240. The molecule has 1 aliphatic rings. The molecule has 2 rings (SSSR count). The van der Waals surface area contributed by atoms with Gasteiger partial charge in [-0.2, -0.15) is 0 Å². The van der Waals surface area contributed by atoms with Crippen LogP contribution in [0.2, 0.25) is 0 Å². The second-order valence-corrected chi connectivity index (χ2v) is 5.05. The average molecular weight is 265 g/mol. The van der Waals surface area contributed by atoms with Gasteiger partial charge >= 0.3 is 0 Å². The number of nitrogens with zero attached hydrogens (tertiary/aromatic N) is 2. The maximum atomic E-state index is 13.4. The molecular weight excluding hydrogens is 245 g/mol. The standard InChI is InChI=1S/C14H20FN3O/c1-10-9-17(2)14(19)13(6-7-16)18(10)12-5-3-4-11(15)8-12/h3-5,8,10,13H,6-7,9,16H2,1-2H3. The largest absolute Gasteiger partial charge is 0.355 e. The highest BCUT2D eigenvalue weighted by molar-refractivity contribution is 5.86. The maximum Gasteiger partial charge on any atom is 0.245 e.